The summed E-state index contributed by atoms with van der Waals surface area (Å²) in [7, 11) is 0. The fourth-order valence-electron chi connectivity index (χ4n) is 4.64. The summed E-state index contributed by atoms with van der Waals surface area (Å²) in [4.78, 5) is 13.9. The molecule has 0 N–H and O–H groups in total. The SMILES string of the molecule is O=c1c(-c2ccc(OCc3ccccc3Cl)cc2)coc2cc(OCc3ccccc3Cl)cc(OCc3ccccc3Cl)c12. The van der Waals surface area contributed by atoms with Crippen molar-refractivity contribution < 1.29 is 18.6 Å². The predicted octanol–water partition coefficient (Wildman–Crippen LogP) is 10.2. The van der Waals surface area contributed by atoms with E-state index in [1.807, 2.05) is 72.8 Å². The highest BCUT2D eigenvalue weighted by atomic mass is 35.5. The predicted molar refractivity (Wildman–Crippen MR) is 175 cm³/mol. The van der Waals surface area contributed by atoms with E-state index in [2.05, 4.69) is 0 Å². The van der Waals surface area contributed by atoms with Gasteiger partial charge in [-0.25, -0.2) is 0 Å². The van der Waals surface area contributed by atoms with E-state index >= 15 is 0 Å². The van der Waals surface area contributed by atoms with Gasteiger partial charge in [-0.05, 0) is 35.9 Å². The van der Waals surface area contributed by atoms with Crippen LogP contribution >= 0.6 is 34.8 Å². The minimum absolute atomic E-state index is 0.143. The first-order valence-corrected chi connectivity index (χ1v) is 14.9. The molecule has 0 fully saturated rings. The summed E-state index contributed by atoms with van der Waals surface area (Å²) < 4.78 is 24.2. The Bertz CT molecular complexity index is 1990. The molecule has 5 nitrogen and oxygen atoms in total. The summed E-state index contributed by atoms with van der Waals surface area (Å²) in [5.74, 6) is 1.41. The first-order chi connectivity index (χ1) is 21.5. The highest BCUT2D eigenvalue weighted by molar-refractivity contribution is 6.31. The number of hydrogen-bond donors (Lipinski definition) is 0. The van der Waals surface area contributed by atoms with Crippen LogP contribution < -0.4 is 19.6 Å². The van der Waals surface area contributed by atoms with Crippen molar-refractivity contribution in [2.75, 3.05) is 0 Å². The molecule has 0 amide bonds. The number of hydrogen-bond acceptors (Lipinski definition) is 5. The number of halogens is 3. The van der Waals surface area contributed by atoms with Gasteiger partial charge in [0.2, 0.25) is 5.43 Å². The van der Waals surface area contributed by atoms with Crippen LogP contribution in [-0.2, 0) is 19.8 Å². The topological polar surface area (TPSA) is 57.9 Å². The smallest absolute Gasteiger partial charge is 0.204 e. The zero-order valence-corrected chi connectivity index (χ0v) is 25.5. The Morgan fingerprint density at radius 2 is 1.07 bits per heavy atom. The third-order valence-corrected chi connectivity index (χ3v) is 8.13. The van der Waals surface area contributed by atoms with Crippen LogP contribution in [0.3, 0.4) is 0 Å². The minimum atomic E-state index is -0.247. The molecular weight excluding hydrogens is 619 g/mol. The standard InChI is InChI=1S/C36H25Cl3O5/c37-30-10-4-1-7-24(30)19-41-27-15-13-23(14-16-27)29-22-44-34-18-28(42-20-25-8-2-5-11-31(25)38)17-33(35(34)36(29)40)43-21-26-9-3-6-12-32(26)39/h1-18,22H,19-21H2. The maximum Gasteiger partial charge on any atom is 0.204 e. The van der Waals surface area contributed by atoms with Crippen LogP contribution in [-0.4, -0.2) is 0 Å². The van der Waals surface area contributed by atoms with E-state index in [4.69, 9.17) is 53.4 Å². The van der Waals surface area contributed by atoms with Crippen molar-refractivity contribution in [1.29, 1.82) is 0 Å². The molecule has 0 aliphatic carbocycles. The van der Waals surface area contributed by atoms with Gasteiger partial charge in [-0.2, -0.15) is 0 Å². The van der Waals surface area contributed by atoms with E-state index in [1.54, 1.807) is 36.4 Å². The van der Waals surface area contributed by atoms with Crippen molar-refractivity contribution in [2.24, 2.45) is 0 Å². The molecule has 220 valence electrons. The van der Waals surface area contributed by atoms with Crippen molar-refractivity contribution in [3.05, 3.63) is 157 Å². The number of ether oxygens (including phenoxy) is 3. The van der Waals surface area contributed by atoms with Crippen LogP contribution in [0.4, 0.5) is 0 Å². The second kappa shape index (κ2) is 13.5. The number of rotatable bonds is 10. The van der Waals surface area contributed by atoms with Crippen LogP contribution in [0.25, 0.3) is 22.1 Å². The van der Waals surface area contributed by atoms with Crippen molar-refractivity contribution >= 4 is 45.8 Å². The number of benzene rings is 5. The maximum atomic E-state index is 13.9. The molecule has 0 saturated heterocycles. The van der Waals surface area contributed by atoms with Crippen LogP contribution in [0, 0.1) is 0 Å². The second-order valence-electron chi connectivity index (χ2n) is 9.94. The molecule has 0 spiro atoms. The molecule has 8 heteroatoms. The zero-order valence-electron chi connectivity index (χ0n) is 23.3. The molecule has 0 saturated carbocycles. The van der Waals surface area contributed by atoms with Crippen LogP contribution in [0.15, 0.2) is 125 Å². The van der Waals surface area contributed by atoms with E-state index < -0.39 is 0 Å². The maximum absolute atomic E-state index is 13.9. The fourth-order valence-corrected chi connectivity index (χ4v) is 5.22. The lowest BCUT2D eigenvalue weighted by Gasteiger charge is -2.14. The Hall–Kier alpha value is -4.42. The Labute approximate surface area is 269 Å². The van der Waals surface area contributed by atoms with E-state index in [1.165, 1.54) is 6.26 Å². The molecule has 0 unspecified atom stereocenters. The van der Waals surface area contributed by atoms with E-state index in [-0.39, 0.29) is 18.6 Å². The van der Waals surface area contributed by atoms with Gasteiger partial charge in [-0.1, -0.05) is 102 Å². The zero-order chi connectivity index (χ0) is 30.5. The average Bonchev–Trinajstić information content (AvgIpc) is 3.04. The molecule has 0 atom stereocenters. The van der Waals surface area contributed by atoms with Gasteiger partial charge in [0.1, 0.15) is 54.3 Å². The quantitative estimate of drug-likeness (QED) is 0.149. The van der Waals surface area contributed by atoms with Crippen LogP contribution in [0.5, 0.6) is 17.2 Å². The molecule has 5 aromatic carbocycles. The van der Waals surface area contributed by atoms with E-state index in [9.17, 15) is 4.79 Å². The van der Waals surface area contributed by atoms with Crippen molar-refractivity contribution in [3.8, 4) is 28.4 Å². The van der Waals surface area contributed by atoms with Gasteiger partial charge in [-0.3, -0.25) is 4.79 Å². The molecule has 0 aliphatic heterocycles. The molecule has 44 heavy (non-hydrogen) atoms. The van der Waals surface area contributed by atoms with Gasteiger partial charge in [0.15, 0.2) is 0 Å². The van der Waals surface area contributed by atoms with E-state index in [0.717, 1.165) is 16.7 Å². The third kappa shape index (κ3) is 6.71. The molecule has 0 bridgehead atoms. The lowest BCUT2D eigenvalue weighted by atomic mass is 10.0. The second-order valence-corrected chi connectivity index (χ2v) is 11.2. The summed E-state index contributed by atoms with van der Waals surface area (Å²) in [5.41, 5.74) is 3.60. The molecule has 6 rings (SSSR count). The normalized spacial score (nSPS) is 11.0. The van der Waals surface area contributed by atoms with Crippen LogP contribution in [0.1, 0.15) is 16.7 Å². The van der Waals surface area contributed by atoms with Crippen molar-refractivity contribution in [1.82, 2.24) is 0 Å². The highest BCUT2D eigenvalue weighted by Crippen LogP contribution is 2.33. The number of fused-ring (bicyclic) bond motifs is 1. The highest BCUT2D eigenvalue weighted by Gasteiger charge is 2.17. The summed E-state index contributed by atoms with van der Waals surface area (Å²) in [5, 5.41) is 2.09. The van der Waals surface area contributed by atoms with E-state index in [0.29, 0.717) is 61.0 Å². The van der Waals surface area contributed by atoms with Gasteiger partial charge in [0, 0.05) is 43.9 Å². The monoisotopic (exact) mass is 642 g/mol. The lowest BCUT2D eigenvalue weighted by molar-refractivity contribution is 0.292. The van der Waals surface area contributed by atoms with Gasteiger partial charge >= 0.3 is 0 Å². The Balaban J connectivity index is 1.31. The summed E-state index contributed by atoms with van der Waals surface area (Å²) in [6, 6.07) is 32.9. The van der Waals surface area contributed by atoms with Gasteiger partial charge in [0.05, 0.1) is 5.56 Å². The lowest BCUT2D eigenvalue weighted by Crippen LogP contribution is -2.08. The van der Waals surface area contributed by atoms with Gasteiger partial charge in [-0.15, -0.1) is 0 Å². The summed E-state index contributed by atoms with van der Waals surface area (Å²) in [6.45, 7) is 0.691. The van der Waals surface area contributed by atoms with Crippen molar-refractivity contribution in [3.63, 3.8) is 0 Å². The van der Waals surface area contributed by atoms with Gasteiger partial charge < -0.3 is 18.6 Å². The Kier molecular flexibility index (Phi) is 9.08. The first kappa shape index (κ1) is 29.6. The molecule has 1 heterocycles. The molecular formula is C36H25Cl3O5. The molecule has 6 aromatic rings. The van der Waals surface area contributed by atoms with Crippen molar-refractivity contribution in [2.45, 2.75) is 19.8 Å². The first-order valence-electron chi connectivity index (χ1n) is 13.7. The molecule has 0 radical (unpaired) electrons. The fraction of sp³-hybridized carbons (Fsp3) is 0.0833. The largest absolute Gasteiger partial charge is 0.489 e. The summed E-state index contributed by atoms with van der Waals surface area (Å²) >= 11 is 18.9. The Morgan fingerprint density at radius 1 is 0.568 bits per heavy atom. The summed E-state index contributed by atoms with van der Waals surface area (Å²) in [6.07, 6.45) is 1.44. The van der Waals surface area contributed by atoms with Crippen LogP contribution in [0.2, 0.25) is 15.1 Å². The molecule has 0 aliphatic rings. The molecule has 1 aromatic heterocycles. The van der Waals surface area contributed by atoms with Gasteiger partial charge in [0.25, 0.3) is 0 Å². The minimum Gasteiger partial charge on any atom is -0.489 e. The third-order valence-electron chi connectivity index (χ3n) is 7.03. The average molecular weight is 644 g/mol. The Morgan fingerprint density at radius 3 is 1.61 bits per heavy atom.